The second-order valence-corrected chi connectivity index (χ2v) is 4.75. The van der Waals surface area contributed by atoms with Crippen LogP contribution in [0.4, 0.5) is 5.69 Å². The molecule has 1 aliphatic carbocycles. The van der Waals surface area contributed by atoms with Crippen molar-refractivity contribution >= 4 is 11.6 Å². The van der Waals surface area contributed by atoms with E-state index in [4.69, 9.17) is 9.84 Å². The number of nitrogens with zero attached hydrogens (tertiary/aromatic N) is 1. The molecule has 0 unspecified atom stereocenters. The van der Waals surface area contributed by atoms with Crippen LogP contribution in [0, 0.1) is 16.0 Å². The van der Waals surface area contributed by atoms with E-state index in [0.29, 0.717) is 18.0 Å². The monoisotopic (exact) mass is 280 g/mol. The summed E-state index contributed by atoms with van der Waals surface area (Å²) in [6.45, 7) is 0.0861. The summed E-state index contributed by atoms with van der Waals surface area (Å²) in [7, 11) is 0. The fourth-order valence-corrected chi connectivity index (χ4v) is 1.70. The van der Waals surface area contributed by atoms with E-state index >= 15 is 0 Å². The molecule has 0 atom stereocenters. The Bertz CT molecular complexity index is 513. The number of hydrogen-bond acceptors (Lipinski definition) is 5. The third-order valence-corrected chi connectivity index (χ3v) is 3.05. The summed E-state index contributed by atoms with van der Waals surface area (Å²) < 4.78 is 5.18. The van der Waals surface area contributed by atoms with E-state index in [0.717, 1.165) is 12.8 Å². The van der Waals surface area contributed by atoms with E-state index in [-0.39, 0.29) is 30.6 Å². The topological polar surface area (TPSA) is 102 Å². The van der Waals surface area contributed by atoms with Gasteiger partial charge in [0.05, 0.1) is 11.5 Å². The Balaban J connectivity index is 1.93. The van der Waals surface area contributed by atoms with E-state index in [2.05, 4.69) is 5.32 Å². The third-order valence-electron chi connectivity index (χ3n) is 3.05. The summed E-state index contributed by atoms with van der Waals surface area (Å²) >= 11 is 0. The van der Waals surface area contributed by atoms with Gasteiger partial charge in [0.2, 0.25) is 0 Å². The van der Waals surface area contributed by atoms with Crippen LogP contribution in [0.25, 0.3) is 0 Å². The van der Waals surface area contributed by atoms with Crippen LogP contribution in [-0.4, -0.2) is 29.1 Å². The van der Waals surface area contributed by atoms with Gasteiger partial charge in [0.25, 0.3) is 5.91 Å². The minimum absolute atomic E-state index is 0.0220. The number of ether oxygens (including phenoxy) is 1. The Morgan fingerprint density at radius 3 is 2.85 bits per heavy atom. The second-order valence-electron chi connectivity index (χ2n) is 4.75. The first-order valence-electron chi connectivity index (χ1n) is 6.38. The number of nitro groups is 1. The fraction of sp³-hybridized carbons (Fsp3) is 0.462. The predicted molar refractivity (Wildman–Crippen MR) is 70.2 cm³/mol. The molecule has 1 saturated carbocycles. The molecule has 0 saturated heterocycles. The molecule has 2 rings (SSSR count). The Labute approximate surface area is 115 Å². The molecule has 0 radical (unpaired) electrons. The van der Waals surface area contributed by atoms with Crippen molar-refractivity contribution in [3.05, 3.63) is 33.9 Å². The molecule has 0 aromatic heterocycles. The molecular formula is C13H16N2O5. The van der Waals surface area contributed by atoms with Crippen molar-refractivity contribution in [3.8, 4) is 5.75 Å². The maximum Gasteiger partial charge on any atom is 0.311 e. The largest absolute Gasteiger partial charge is 0.477 e. The molecule has 0 spiro atoms. The van der Waals surface area contributed by atoms with Crippen molar-refractivity contribution in [1.29, 1.82) is 0 Å². The van der Waals surface area contributed by atoms with Crippen molar-refractivity contribution in [2.24, 2.45) is 5.92 Å². The minimum atomic E-state index is -0.601. The maximum absolute atomic E-state index is 11.5. The lowest BCUT2D eigenvalue weighted by Gasteiger charge is -2.08. The Morgan fingerprint density at radius 2 is 2.25 bits per heavy atom. The van der Waals surface area contributed by atoms with Gasteiger partial charge in [0.1, 0.15) is 0 Å². The highest BCUT2D eigenvalue weighted by molar-refractivity contribution is 5.77. The number of nitrogens with one attached hydrogen (secondary N) is 1. The van der Waals surface area contributed by atoms with E-state index in [1.54, 1.807) is 0 Å². The lowest BCUT2D eigenvalue weighted by molar-refractivity contribution is -0.385. The van der Waals surface area contributed by atoms with Gasteiger partial charge in [-0.1, -0.05) is 6.07 Å². The number of aliphatic hydroxyl groups excluding tert-OH is 1. The minimum Gasteiger partial charge on any atom is -0.477 e. The van der Waals surface area contributed by atoms with Crippen LogP contribution < -0.4 is 10.1 Å². The molecule has 0 heterocycles. The molecule has 108 valence electrons. The van der Waals surface area contributed by atoms with Crippen molar-refractivity contribution in [2.45, 2.75) is 19.4 Å². The summed E-state index contributed by atoms with van der Waals surface area (Å²) in [5.74, 6) is 0.295. The number of carbonyl (C=O) groups excluding carboxylic acids is 1. The van der Waals surface area contributed by atoms with Crippen LogP contribution in [-0.2, 0) is 11.4 Å². The van der Waals surface area contributed by atoms with Crippen LogP contribution in [0.3, 0.4) is 0 Å². The highest BCUT2D eigenvalue weighted by atomic mass is 16.6. The number of amides is 1. The molecular weight excluding hydrogens is 264 g/mol. The molecule has 1 fully saturated rings. The number of hydrogen-bond donors (Lipinski definition) is 2. The van der Waals surface area contributed by atoms with Crippen molar-refractivity contribution < 1.29 is 19.6 Å². The van der Waals surface area contributed by atoms with Crippen molar-refractivity contribution in [3.63, 3.8) is 0 Å². The first-order valence-corrected chi connectivity index (χ1v) is 6.38. The predicted octanol–water partition coefficient (Wildman–Crippen LogP) is 0.992. The molecule has 1 aromatic rings. The van der Waals surface area contributed by atoms with Gasteiger partial charge in [-0.3, -0.25) is 14.9 Å². The summed E-state index contributed by atoms with van der Waals surface area (Å²) in [6, 6.07) is 4.14. The maximum atomic E-state index is 11.5. The number of aliphatic hydroxyl groups is 1. The zero-order chi connectivity index (χ0) is 14.5. The first kappa shape index (κ1) is 14.3. The molecule has 1 amide bonds. The summed E-state index contributed by atoms with van der Waals surface area (Å²) in [5.41, 5.74) is 0.161. The Kier molecular flexibility index (Phi) is 4.52. The zero-order valence-corrected chi connectivity index (χ0v) is 10.9. The van der Waals surface area contributed by atoms with Gasteiger partial charge in [-0.25, -0.2) is 0 Å². The van der Waals surface area contributed by atoms with E-state index in [9.17, 15) is 14.9 Å². The molecule has 1 aliphatic rings. The lowest BCUT2D eigenvalue weighted by atomic mass is 10.2. The average Bonchev–Trinajstić information content (AvgIpc) is 3.26. The van der Waals surface area contributed by atoms with Crippen LogP contribution in [0.1, 0.15) is 18.4 Å². The summed E-state index contributed by atoms with van der Waals surface area (Å²) in [5, 5.41) is 22.6. The fourth-order valence-electron chi connectivity index (χ4n) is 1.70. The Morgan fingerprint density at radius 1 is 1.50 bits per heavy atom. The molecule has 1 aromatic carbocycles. The van der Waals surface area contributed by atoms with Crippen LogP contribution >= 0.6 is 0 Å². The second kappa shape index (κ2) is 6.33. The van der Waals surface area contributed by atoms with Gasteiger partial charge in [0.15, 0.2) is 12.4 Å². The highest BCUT2D eigenvalue weighted by Crippen LogP contribution is 2.28. The van der Waals surface area contributed by atoms with Crippen LogP contribution in [0.15, 0.2) is 18.2 Å². The summed E-state index contributed by atoms with van der Waals surface area (Å²) in [6.07, 6.45) is 2.27. The van der Waals surface area contributed by atoms with Gasteiger partial charge >= 0.3 is 5.69 Å². The molecule has 7 heteroatoms. The first-order chi connectivity index (χ1) is 9.60. The normalized spacial score (nSPS) is 13.8. The third kappa shape index (κ3) is 3.92. The summed E-state index contributed by atoms with van der Waals surface area (Å²) in [4.78, 5) is 21.8. The van der Waals surface area contributed by atoms with Crippen molar-refractivity contribution in [1.82, 2.24) is 5.32 Å². The van der Waals surface area contributed by atoms with E-state index in [1.165, 1.54) is 18.2 Å². The van der Waals surface area contributed by atoms with Gasteiger partial charge in [-0.15, -0.1) is 0 Å². The van der Waals surface area contributed by atoms with Crippen LogP contribution in [0.2, 0.25) is 0 Å². The average molecular weight is 280 g/mol. The number of carbonyl (C=O) groups is 1. The number of nitro benzene ring substituents is 1. The molecule has 2 N–H and O–H groups in total. The van der Waals surface area contributed by atoms with Gasteiger partial charge in [-0.05, 0) is 30.4 Å². The molecule has 0 bridgehead atoms. The Hall–Kier alpha value is -2.15. The van der Waals surface area contributed by atoms with Crippen molar-refractivity contribution in [2.75, 3.05) is 13.2 Å². The SMILES string of the molecule is O=C(COc1ccc(CO)cc1[N+](=O)[O-])NCC1CC1. The van der Waals surface area contributed by atoms with Gasteiger partial charge in [-0.2, -0.15) is 0 Å². The quantitative estimate of drug-likeness (QED) is 0.573. The van der Waals surface area contributed by atoms with Gasteiger partial charge in [0, 0.05) is 12.6 Å². The highest BCUT2D eigenvalue weighted by Gasteiger charge is 2.22. The smallest absolute Gasteiger partial charge is 0.311 e. The van der Waals surface area contributed by atoms with E-state index < -0.39 is 4.92 Å². The molecule has 7 nitrogen and oxygen atoms in total. The number of rotatable bonds is 7. The molecule has 0 aliphatic heterocycles. The lowest BCUT2D eigenvalue weighted by Crippen LogP contribution is -2.30. The number of benzene rings is 1. The van der Waals surface area contributed by atoms with Gasteiger partial charge < -0.3 is 15.2 Å². The standard InChI is InChI=1S/C13H16N2O5/c16-7-10-3-4-12(11(5-10)15(18)19)20-8-13(17)14-6-9-1-2-9/h3-5,9,16H,1-2,6-8H2,(H,14,17). The zero-order valence-electron chi connectivity index (χ0n) is 10.9. The molecule has 20 heavy (non-hydrogen) atoms. The van der Waals surface area contributed by atoms with E-state index in [1.807, 2.05) is 0 Å². The van der Waals surface area contributed by atoms with Crippen LogP contribution in [0.5, 0.6) is 5.75 Å².